The quantitative estimate of drug-likeness (QED) is 0.524. The van der Waals surface area contributed by atoms with Gasteiger partial charge in [-0.3, -0.25) is 9.59 Å². The molecule has 3 heterocycles. The van der Waals surface area contributed by atoms with Crippen molar-refractivity contribution in [1.82, 2.24) is 4.90 Å². The molecule has 0 spiro atoms. The summed E-state index contributed by atoms with van der Waals surface area (Å²) in [6, 6.07) is 10.1. The van der Waals surface area contributed by atoms with Gasteiger partial charge in [0, 0.05) is 44.0 Å². The Balaban J connectivity index is 1.44. The maximum absolute atomic E-state index is 13.1. The van der Waals surface area contributed by atoms with Gasteiger partial charge in [-0.15, -0.1) is 0 Å². The van der Waals surface area contributed by atoms with Crippen molar-refractivity contribution in [2.24, 2.45) is 0 Å². The Kier molecular flexibility index (Phi) is 7.04. The molecule has 2 aliphatic heterocycles. The van der Waals surface area contributed by atoms with Crippen LogP contribution < -0.4 is 25.3 Å². The van der Waals surface area contributed by atoms with E-state index in [1.165, 1.54) is 6.07 Å². The second-order valence-electron chi connectivity index (χ2n) is 9.07. The summed E-state index contributed by atoms with van der Waals surface area (Å²) in [6.45, 7) is 6.49. The third-order valence-electron chi connectivity index (χ3n) is 6.69. The number of hydrogen-bond donors (Lipinski definition) is 1. The molecule has 3 aromatic rings. The summed E-state index contributed by atoms with van der Waals surface area (Å²) in [6.07, 6.45) is 0. The first-order valence-electron chi connectivity index (χ1n) is 12.0. The lowest BCUT2D eigenvalue weighted by molar-refractivity contribution is -0.0437. The minimum atomic E-state index is -0.519. The molecule has 1 aromatic heterocycles. The van der Waals surface area contributed by atoms with Gasteiger partial charge in [-0.1, -0.05) is 11.6 Å². The van der Waals surface area contributed by atoms with Gasteiger partial charge < -0.3 is 33.9 Å². The lowest BCUT2D eigenvalue weighted by atomic mass is 10.1. The highest BCUT2D eigenvalue weighted by Gasteiger charge is 2.22. The summed E-state index contributed by atoms with van der Waals surface area (Å²) in [5.41, 5.74) is 2.24. The third kappa shape index (κ3) is 5.00. The molecule has 0 radical (unpaired) electrons. The third-order valence-corrected chi connectivity index (χ3v) is 6.99. The summed E-state index contributed by atoms with van der Waals surface area (Å²) < 4.78 is 15.9. The smallest absolute Gasteiger partial charge is 0.291 e. The van der Waals surface area contributed by atoms with Crippen molar-refractivity contribution in [2.45, 2.75) is 0 Å². The molecule has 0 atom stereocenters. The molecule has 2 aliphatic rings. The summed E-state index contributed by atoms with van der Waals surface area (Å²) in [7, 11) is 3.64. The molecule has 0 bridgehead atoms. The van der Waals surface area contributed by atoms with Crippen molar-refractivity contribution in [2.75, 3.05) is 81.8 Å². The van der Waals surface area contributed by atoms with Crippen LogP contribution >= 0.6 is 11.6 Å². The predicted octanol–water partition coefficient (Wildman–Crippen LogP) is 2.81. The highest BCUT2D eigenvalue weighted by atomic mass is 35.5. The van der Waals surface area contributed by atoms with E-state index in [-0.39, 0.29) is 11.2 Å². The molecule has 2 fully saturated rings. The van der Waals surface area contributed by atoms with Crippen LogP contribution in [-0.2, 0) is 0 Å². The molecule has 0 saturated carbocycles. The fourth-order valence-electron chi connectivity index (χ4n) is 4.61. The van der Waals surface area contributed by atoms with Gasteiger partial charge in [0.1, 0.15) is 5.75 Å². The largest absolute Gasteiger partial charge is 0.497 e. The SMILES string of the molecule is COc1cc(N2CCN(C)CC2)c2oc(C(=O)Nc3ccc(N4CC[OH+]CC4)c(Cl)c3)cc(=O)c2c1. The molecule has 0 aliphatic carbocycles. The number of carbonyl (C=O) groups is 1. The number of carbonyl (C=O) groups excluding carboxylic acids is 1. The van der Waals surface area contributed by atoms with E-state index in [0.717, 1.165) is 63.9 Å². The van der Waals surface area contributed by atoms with Crippen molar-refractivity contribution in [3.63, 3.8) is 0 Å². The van der Waals surface area contributed by atoms with Crippen LogP contribution in [0.25, 0.3) is 11.0 Å². The summed E-state index contributed by atoms with van der Waals surface area (Å²) in [4.78, 5) is 32.7. The van der Waals surface area contributed by atoms with Crippen LogP contribution in [0.15, 0.2) is 45.6 Å². The number of likely N-dealkylation sites (N-methyl/N-ethyl adjacent to an activating group) is 1. The lowest BCUT2D eigenvalue weighted by Crippen LogP contribution is -2.44. The lowest BCUT2D eigenvalue weighted by Gasteiger charge is -2.34. The van der Waals surface area contributed by atoms with Gasteiger partial charge in [-0.2, -0.15) is 0 Å². The normalized spacial score (nSPS) is 16.9. The Labute approximate surface area is 214 Å². The van der Waals surface area contributed by atoms with Gasteiger partial charge in [-0.05, 0) is 31.3 Å². The number of fused-ring (bicyclic) bond motifs is 1. The highest BCUT2D eigenvalue weighted by Crippen LogP contribution is 2.33. The fraction of sp³-hybridized carbons (Fsp3) is 0.385. The second kappa shape index (κ2) is 10.4. The van der Waals surface area contributed by atoms with Crippen molar-refractivity contribution < 1.29 is 18.7 Å². The van der Waals surface area contributed by atoms with E-state index in [9.17, 15) is 9.59 Å². The molecular weight excluding hydrogens is 484 g/mol. The zero-order valence-electron chi connectivity index (χ0n) is 20.4. The van der Waals surface area contributed by atoms with Crippen LogP contribution in [0.5, 0.6) is 5.75 Å². The van der Waals surface area contributed by atoms with E-state index in [4.69, 9.17) is 20.8 Å². The molecule has 2 aromatic carbocycles. The average molecular weight is 514 g/mol. The number of nitrogens with zero attached hydrogens (tertiary/aromatic N) is 3. The van der Waals surface area contributed by atoms with E-state index < -0.39 is 5.91 Å². The number of aliphatic hydroxyl groups is 2. The number of halogens is 1. The van der Waals surface area contributed by atoms with E-state index >= 15 is 0 Å². The number of methoxy groups -OCH3 is 1. The molecule has 0 unspecified atom stereocenters. The molecule has 190 valence electrons. The van der Waals surface area contributed by atoms with Gasteiger partial charge in [0.15, 0.2) is 30.0 Å². The number of hydrogen-bond acceptors (Lipinski definition) is 7. The molecule has 5 rings (SSSR count). The number of nitrogens with one attached hydrogen (secondary N) is 1. The Hall–Kier alpha value is -3.27. The van der Waals surface area contributed by atoms with Crippen molar-refractivity contribution in [3.8, 4) is 5.75 Å². The van der Waals surface area contributed by atoms with Gasteiger partial charge in [0.25, 0.3) is 5.91 Å². The van der Waals surface area contributed by atoms with Crippen LogP contribution in [-0.4, -0.2) is 82.2 Å². The van der Waals surface area contributed by atoms with Crippen LogP contribution in [0.1, 0.15) is 10.6 Å². The first-order chi connectivity index (χ1) is 17.4. The number of ether oxygens (including phenoxy) is 2. The molecule has 10 heteroatoms. The van der Waals surface area contributed by atoms with E-state index in [1.54, 1.807) is 25.3 Å². The van der Waals surface area contributed by atoms with Gasteiger partial charge in [0.05, 0.1) is 42.0 Å². The van der Waals surface area contributed by atoms with E-state index in [0.29, 0.717) is 27.4 Å². The minimum absolute atomic E-state index is 0.0640. The number of piperazine rings is 1. The molecule has 2 saturated heterocycles. The Bertz CT molecular complexity index is 1330. The number of anilines is 3. The van der Waals surface area contributed by atoms with Crippen LogP contribution in [0.3, 0.4) is 0 Å². The fourth-order valence-corrected chi connectivity index (χ4v) is 4.91. The van der Waals surface area contributed by atoms with Crippen LogP contribution in [0.4, 0.5) is 17.1 Å². The summed E-state index contributed by atoms with van der Waals surface area (Å²) in [5, 5.41) is 3.73. The van der Waals surface area contributed by atoms with Gasteiger partial charge in [0.2, 0.25) is 0 Å². The van der Waals surface area contributed by atoms with Gasteiger partial charge in [-0.25, -0.2) is 0 Å². The predicted molar refractivity (Wildman–Crippen MR) is 142 cm³/mol. The number of benzene rings is 2. The molecular formula is C26H30ClN4O5+. The van der Waals surface area contributed by atoms with Crippen molar-refractivity contribution >= 4 is 45.5 Å². The average Bonchev–Trinajstić information content (AvgIpc) is 2.89. The highest BCUT2D eigenvalue weighted by molar-refractivity contribution is 6.33. The summed E-state index contributed by atoms with van der Waals surface area (Å²) >= 11 is 6.52. The Morgan fingerprint density at radius 3 is 2.42 bits per heavy atom. The topological polar surface area (TPSA) is 91.1 Å². The van der Waals surface area contributed by atoms with Gasteiger partial charge >= 0.3 is 0 Å². The maximum atomic E-state index is 13.1. The second-order valence-corrected chi connectivity index (χ2v) is 9.47. The minimum Gasteiger partial charge on any atom is -0.497 e. The zero-order chi connectivity index (χ0) is 25.2. The number of amides is 1. The number of morpholine rings is 1. The van der Waals surface area contributed by atoms with E-state index in [1.807, 2.05) is 12.1 Å². The zero-order valence-corrected chi connectivity index (χ0v) is 21.2. The Morgan fingerprint density at radius 2 is 1.72 bits per heavy atom. The molecule has 9 nitrogen and oxygen atoms in total. The monoisotopic (exact) mass is 513 g/mol. The van der Waals surface area contributed by atoms with Crippen LogP contribution in [0, 0.1) is 0 Å². The molecule has 36 heavy (non-hydrogen) atoms. The first kappa shape index (κ1) is 24.4. The number of rotatable bonds is 5. The maximum Gasteiger partial charge on any atom is 0.291 e. The van der Waals surface area contributed by atoms with E-state index in [2.05, 4.69) is 31.8 Å². The first-order valence-corrected chi connectivity index (χ1v) is 12.4. The molecule has 1 amide bonds. The van der Waals surface area contributed by atoms with Crippen molar-refractivity contribution in [1.29, 1.82) is 0 Å². The van der Waals surface area contributed by atoms with Crippen LogP contribution in [0.2, 0.25) is 5.02 Å². The van der Waals surface area contributed by atoms with Crippen molar-refractivity contribution in [3.05, 3.63) is 57.4 Å². The molecule has 2 N–H and O–H groups in total. The standard InChI is InChI=1S/C26H29ClN4O5/c1-29-5-7-30(8-6-29)22-15-18(34-2)14-19-23(32)16-24(36-25(19)22)26(33)28-17-3-4-21(20(27)13-17)31-9-11-35-12-10-31/h3-4,13-16H,5-12H2,1-2H3,(H,28,33)/p+1. The summed E-state index contributed by atoms with van der Waals surface area (Å²) in [5.74, 6) is -0.0151. The Morgan fingerprint density at radius 1 is 1.00 bits per heavy atom.